The number of ether oxygens (including phenoxy) is 2. The SMILES string of the molecule is CCCCCOc1ccc(CN(C(C)=O)c2ccc(OCCCCCC(=O)O)cc2[N+](=O)[O-])c(Cl)c1. The minimum atomic E-state index is -0.842. The summed E-state index contributed by atoms with van der Waals surface area (Å²) in [7, 11) is 0. The number of carbonyl (C=O) groups excluding carboxylic acids is 1. The number of hydrogen-bond acceptors (Lipinski definition) is 6. The number of aliphatic carboxylic acids is 1. The van der Waals surface area contributed by atoms with Crippen LogP contribution in [0.2, 0.25) is 5.02 Å². The number of nitro benzene ring substituents is 1. The van der Waals surface area contributed by atoms with Crippen LogP contribution < -0.4 is 14.4 Å². The molecule has 0 heterocycles. The summed E-state index contributed by atoms with van der Waals surface area (Å²) in [5.41, 5.74) is 0.501. The Balaban J connectivity index is 2.12. The zero-order valence-corrected chi connectivity index (χ0v) is 21.5. The van der Waals surface area contributed by atoms with E-state index in [9.17, 15) is 19.7 Å². The number of carboxylic acids is 1. The Bertz CT molecular complexity index is 1040. The maximum atomic E-state index is 12.5. The van der Waals surface area contributed by atoms with Crippen molar-refractivity contribution in [3.63, 3.8) is 0 Å². The highest BCUT2D eigenvalue weighted by Gasteiger charge is 2.24. The Morgan fingerprint density at radius 1 is 1.00 bits per heavy atom. The van der Waals surface area contributed by atoms with Gasteiger partial charge in [0, 0.05) is 18.4 Å². The number of halogens is 1. The third-order valence-corrected chi connectivity index (χ3v) is 5.84. The molecular weight excluding hydrogens is 488 g/mol. The quantitative estimate of drug-likeness (QED) is 0.154. The van der Waals surface area contributed by atoms with Gasteiger partial charge in [-0.15, -0.1) is 0 Å². The van der Waals surface area contributed by atoms with Crippen molar-refractivity contribution in [3.8, 4) is 11.5 Å². The van der Waals surface area contributed by atoms with E-state index in [1.165, 1.54) is 24.0 Å². The summed E-state index contributed by atoms with van der Waals surface area (Å²) in [5.74, 6) is -0.286. The van der Waals surface area contributed by atoms with Crippen molar-refractivity contribution in [1.29, 1.82) is 0 Å². The van der Waals surface area contributed by atoms with E-state index >= 15 is 0 Å². The zero-order chi connectivity index (χ0) is 26.5. The van der Waals surface area contributed by atoms with E-state index in [4.69, 9.17) is 26.2 Å². The number of amides is 1. The fraction of sp³-hybridized carbons (Fsp3) is 0.462. The number of benzene rings is 2. The summed E-state index contributed by atoms with van der Waals surface area (Å²) >= 11 is 6.44. The first-order chi connectivity index (χ1) is 17.2. The molecule has 0 atom stereocenters. The molecule has 2 aromatic rings. The van der Waals surface area contributed by atoms with Gasteiger partial charge in [0.15, 0.2) is 0 Å². The van der Waals surface area contributed by atoms with E-state index in [0.29, 0.717) is 54.6 Å². The largest absolute Gasteiger partial charge is 0.494 e. The van der Waals surface area contributed by atoms with Crippen molar-refractivity contribution < 1.29 is 29.1 Å². The van der Waals surface area contributed by atoms with E-state index < -0.39 is 10.9 Å². The number of anilines is 1. The van der Waals surface area contributed by atoms with Crippen LogP contribution in [0, 0.1) is 10.1 Å². The zero-order valence-electron chi connectivity index (χ0n) is 20.7. The van der Waals surface area contributed by atoms with Crippen molar-refractivity contribution >= 4 is 34.9 Å². The Morgan fingerprint density at radius 2 is 1.64 bits per heavy atom. The number of carboxylic acid groups (broad SMARTS) is 1. The van der Waals surface area contributed by atoms with E-state index in [1.54, 1.807) is 24.3 Å². The first-order valence-corrected chi connectivity index (χ1v) is 12.4. The number of carbonyl (C=O) groups is 2. The molecule has 2 aromatic carbocycles. The summed E-state index contributed by atoms with van der Waals surface area (Å²) in [6.07, 6.45) is 5.06. The molecule has 9 nitrogen and oxygen atoms in total. The maximum Gasteiger partial charge on any atom is 0.303 e. The minimum absolute atomic E-state index is 0.0505. The first kappa shape index (κ1) is 28.9. The van der Waals surface area contributed by atoms with Gasteiger partial charge >= 0.3 is 5.97 Å². The number of nitro groups is 1. The minimum Gasteiger partial charge on any atom is -0.494 e. The molecule has 0 fully saturated rings. The molecule has 2 rings (SSSR count). The average Bonchev–Trinajstić information content (AvgIpc) is 2.83. The van der Waals surface area contributed by atoms with Gasteiger partial charge in [-0.05, 0) is 55.5 Å². The second-order valence-corrected chi connectivity index (χ2v) is 8.78. The lowest BCUT2D eigenvalue weighted by atomic mass is 10.1. The number of hydrogen-bond donors (Lipinski definition) is 1. The van der Waals surface area contributed by atoms with Gasteiger partial charge in [-0.3, -0.25) is 19.7 Å². The highest BCUT2D eigenvalue weighted by Crippen LogP contribution is 2.34. The van der Waals surface area contributed by atoms with Gasteiger partial charge in [0.2, 0.25) is 5.91 Å². The molecular formula is C26H33ClN2O7. The molecule has 196 valence electrons. The average molecular weight is 521 g/mol. The molecule has 0 aliphatic heterocycles. The molecule has 0 aliphatic carbocycles. The lowest BCUT2D eigenvalue weighted by Gasteiger charge is -2.22. The van der Waals surface area contributed by atoms with Gasteiger partial charge in [-0.25, -0.2) is 0 Å². The normalized spacial score (nSPS) is 10.6. The molecule has 36 heavy (non-hydrogen) atoms. The monoisotopic (exact) mass is 520 g/mol. The molecule has 1 N–H and O–H groups in total. The van der Waals surface area contributed by atoms with Gasteiger partial charge < -0.3 is 19.5 Å². The van der Waals surface area contributed by atoms with Crippen LogP contribution in [0.15, 0.2) is 36.4 Å². The summed E-state index contributed by atoms with van der Waals surface area (Å²) < 4.78 is 11.3. The van der Waals surface area contributed by atoms with Crippen molar-refractivity contribution in [2.24, 2.45) is 0 Å². The van der Waals surface area contributed by atoms with Crippen molar-refractivity contribution in [3.05, 3.63) is 57.1 Å². The third-order valence-electron chi connectivity index (χ3n) is 5.49. The van der Waals surface area contributed by atoms with Crippen LogP contribution in [-0.4, -0.2) is 35.1 Å². The molecule has 0 radical (unpaired) electrons. The molecule has 0 saturated heterocycles. The molecule has 0 bridgehead atoms. The summed E-state index contributed by atoms with van der Waals surface area (Å²) in [5, 5.41) is 20.9. The van der Waals surface area contributed by atoms with Crippen LogP contribution in [0.5, 0.6) is 11.5 Å². The van der Waals surface area contributed by atoms with Gasteiger partial charge in [0.25, 0.3) is 5.69 Å². The van der Waals surface area contributed by atoms with Crippen LogP contribution in [0.3, 0.4) is 0 Å². The van der Waals surface area contributed by atoms with Crippen LogP contribution in [0.1, 0.15) is 64.4 Å². The Morgan fingerprint density at radius 3 is 2.22 bits per heavy atom. The number of unbranched alkanes of at least 4 members (excludes halogenated alkanes) is 4. The standard InChI is InChI=1S/C26H33ClN2O7/c1-3-4-7-14-35-21-11-10-20(23(27)16-21)18-28(19(2)30)24-13-12-22(17-25(24)29(33)34)36-15-8-5-6-9-26(31)32/h10-13,16-17H,3-9,14-15,18H2,1-2H3,(H,31,32). The van der Waals surface area contributed by atoms with Crippen LogP contribution in [0.25, 0.3) is 0 Å². The third kappa shape index (κ3) is 9.37. The lowest BCUT2D eigenvalue weighted by Crippen LogP contribution is -2.28. The number of nitrogens with zero attached hydrogens (tertiary/aromatic N) is 2. The fourth-order valence-corrected chi connectivity index (χ4v) is 3.77. The maximum absolute atomic E-state index is 12.5. The van der Waals surface area contributed by atoms with E-state index in [1.807, 2.05) is 0 Å². The Hall–Kier alpha value is -3.33. The highest BCUT2D eigenvalue weighted by molar-refractivity contribution is 6.31. The number of rotatable bonds is 16. The van der Waals surface area contributed by atoms with Gasteiger partial charge in [0.05, 0.1) is 30.7 Å². The second-order valence-electron chi connectivity index (χ2n) is 8.37. The van der Waals surface area contributed by atoms with Crippen LogP contribution >= 0.6 is 11.6 Å². The summed E-state index contributed by atoms with van der Waals surface area (Å²) in [4.78, 5) is 35.6. The molecule has 0 spiro atoms. The van der Waals surface area contributed by atoms with Crippen molar-refractivity contribution in [2.75, 3.05) is 18.1 Å². The lowest BCUT2D eigenvalue weighted by molar-refractivity contribution is -0.384. The first-order valence-electron chi connectivity index (χ1n) is 12.0. The predicted molar refractivity (Wildman–Crippen MR) is 138 cm³/mol. The fourth-order valence-electron chi connectivity index (χ4n) is 3.54. The summed E-state index contributed by atoms with van der Waals surface area (Å²) in [6.45, 7) is 4.39. The van der Waals surface area contributed by atoms with Gasteiger partial charge in [0.1, 0.15) is 17.2 Å². The molecule has 0 unspecified atom stereocenters. The van der Waals surface area contributed by atoms with Gasteiger partial charge in [-0.2, -0.15) is 0 Å². The molecule has 0 aliphatic rings. The van der Waals surface area contributed by atoms with Crippen molar-refractivity contribution in [1.82, 2.24) is 0 Å². The van der Waals surface area contributed by atoms with E-state index in [2.05, 4.69) is 6.92 Å². The predicted octanol–water partition coefficient (Wildman–Crippen LogP) is 6.39. The molecule has 0 aromatic heterocycles. The highest BCUT2D eigenvalue weighted by atomic mass is 35.5. The van der Waals surface area contributed by atoms with E-state index in [0.717, 1.165) is 19.3 Å². The topological polar surface area (TPSA) is 119 Å². The van der Waals surface area contributed by atoms with Crippen molar-refractivity contribution in [2.45, 2.75) is 65.3 Å². The second kappa shape index (κ2) is 14.9. The van der Waals surface area contributed by atoms with E-state index in [-0.39, 0.29) is 30.2 Å². The Kier molecular flexibility index (Phi) is 12.0. The van der Waals surface area contributed by atoms with Crippen LogP contribution in [0.4, 0.5) is 11.4 Å². The van der Waals surface area contributed by atoms with Gasteiger partial charge in [-0.1, -0.05) is 37.4 Å². The molecule has 0 saturated carbocycles. The summed E-state index contributed by atoms with van der Waals surface area (Å²) in [6, 6.07) is 9.55. The van der Waals surface area contributed by atoms with Crippen LogP contribution in [-0.2, 0) is 16.1 Å². The molecule has 1 amide bonds. The molecule has 10 heteroatoms. The smallest absolute Gasteiger partial charge is 0.303 e. The Labute approximate surface area is 216 Å².